The number of thiophene rings is 1. The Kier molecular flexibility index (Phi) is 7.56. The van der Waals surface area contributed by atoms with Crippen molar-refractivity contribution in [2.75, 3.05) is 19.7 Å². The number of nitrogens with zero attached hydrogens (tertiary/aromatic N) is 1. The summed E-state index contributed by atoms with van der Waals surface area (Å²) in [5.74, 6) is 0.994. The molecule has 9 heteroatoms. The highest BCUT2D eigenvalue weighted by Gasteiger charge is 2.31. The molecule has 0 spiro atoms. The molecule has 2 aromatic rings. The van der Waals surface area contributed by atoms with E-state index in [1.165, 1.54) is 4.31 Å². The van der Waals surface area contributed by atoms with Gasteiger partial charge in [-0.3, -0.25) is 4.79 Å². The molecule has 0 saturated carbocycles. The van der Waals surface area contributed by atoms with Crippen LogP contribution in [0.2, 0.25) is 4.34 Å². The molecule has 6 nitrogen and oxygen atoms in total. The van der Waals surface area contributed by atoms with Gasteiger partial charge in [0.1, 0.15) is 9.96 Å². The Bertz CT molecular complexity index is 920. The van der Waals surface area contributed by atoms with E-state index < -0.39 is 10.0 Å². The minimum absolute atomic E-state index is 0.00905. The van der Waals surface area contributed by atoms with E-state index in [0.717, 1.165) is 22.6 Å². The minimum atomic E-state index is -3.49. The maximum absolute atomic E-state index is 12.6. The number of rotatable bonds is 8. The van der Waals surface area contributed by atoms with Crippen molar-refractivity contribution in [1.29, 1.82) is 0 Å². The van der Waals surface area contributed by atoms with Crippen molar-refractivity contribution < 1.29 is 17.9 Å². The number of halogens is 1. The standard InChI is InChI=1S/C20H25ClN2O4S2/c1-2-27-17-5-3-16(4-6-17)14-22-19(24)13-15-9-11-23(12-10-15)29(25,26)20-8-7-18(21)28-20/h3-8,15H,2,9-14H2,1H3,(H,22,24). The normalized spacial score (nSPS) is 15.9. The van der Waals surface area contributed by atoms with Crippen LogP contribution in [-0.2, 0) is 21.4 Å². The lowest BCUT2D eigenvalue weighted by molar-refractivity contribution is -0.122. The number of piperidine rings is 1. The minimum Gasteiger partial charge on any atom is -0.494 e. The molecule has 1 aliphatic heterocycles. The molecular formula is C20H25ClN2O4S2. The van der Waals surface area contributed by atoms with Crippen molar-refractivity contribution in [2.45, 2.75) is 36.9 Å². The van der Waals surface area contributed by atoms with Crippen LogP contribution in [0.15, 0.2) is 40.6 Å². The van der Waals surface area contributed by atoms with E-state index in [2.05, 4.69) is 5.32 Å². The summed E-state index contributed by atoms with van der Waals surface area (Å²) in [4.78, 5) is 12.3. The number of carbonyl (C=O) groups is 1. The second kappa shape index (κ2) is 9.93. The summed E-state index contributed by atoms with van der Waals surface area (Å²) in [6.07, 6.45) is 1.76. The van der Waals surface area contributed by atoms with Crippen molar-refractivity contribution in [3.63, 3.8) is 0 Å². The van der Waals surface area contributed by atoms with Crippen LogP contribution < -0.4 is 10.1 Å². The molecule has 158 valence electrons. The second-order valence-electron chi connectivity index (χ2n) is 6.96. The molecule has 1 aliphatic rings. The first-order valence-electron chi connectivity index (χ1n) is 9.62. The first kappa shape index (κ1) is 22.1. The fourth-order valence-electron chi connectivity index (χ4n) is 3.32. The zero-order valence-corrected chi connectivity index (χ0v) is 18.7. The van der Waals surface area contributed by atoms with E-state index in [4.69, 9.17) is 16.3 Å². The number of hydrogen-bond donors (Lipinski definition) is 1. The third kappa shape index (κ3) is 5.94. The fraction of sp³-hybridized carbons (Fsp3) is 0.450. The predicted octanol–water partition coefficient (Wildman–Crippen LogP) is 3.91. The van der Waals surface area contributed by atoms with Crippen LogP contribution in [0.25, 0.3) is 0 Å². The Labute approximate surface area is 180 Å². The maximum atomic E-state index is 12.6. The van der Waals surface area contributed by atoms with E-state index in [9.17, 15) is 13.2 Å². The summed E-state index contributed by atoms with van der Waals surface area (Å²) >= 11 is 6.94. The molecule has 1 aromatic carbocycles. The summed E-state index contributed by atoms with van der Waals surface area (Å²) in [7, 11) is -3.49. The van der Waals surface area contributed by atoms with Gasteiger partial charge in [-0.1, -0.05) is 23.7 Å². The summed E-state index contributed by atoms with van der Waals surface area (Å²) in [5, 5.41) is 2.94. The quantitative estimate of drug-likeness (QED) is 0.653. The zero-order valence-electron chi connectivity index (χ0n) is 16.3. The molecule has 0 radical (unpaired) electrons. The topological polar surface area (TPSA) is 75.7 Å². The monoisotopic (exact) mass is 456 g/mol. The SMILES string of the molecule is CCOc1ccc(CNC(=O)CC2CCN(S(=O)(=O)c3ccc(Cl)s3)CC2)cc1. The maximum Gasteiger partial charge on any atom is 0.252 e. The van der Waals surface area contributed by atoms with Gasteiger partial charge in [0.15, 0.2) is 0 Å². The third-order valence-corrected chi connectivity index (χ3v) is 8.51. The van der Waals surface area contributed by atoms with Gasteiger partial charge in [-0.25, -0.2) is 8.42 Å². The number of hydrogen-bond acceptors (Lipinski definition) is 5. The number of amides is 1. The molecule has 29 heavy (non-hydrogen) atoms. The van der Waals surface area contributed by atoms with Gasteiger partial charge in [0.25, 0.3) is 10.0 Å². The summed E-state index contributed by atoms with van der Waals surface area (Å²) in [5.41, 5.74) is 1.01. The average Bonchev–Trinajstić information content (AvgIpc) is 3.15. The van der Waals surface area contributed by atoms with E-state index in [1.807, 2.05) is 31.2 Å². The molecule has 3 rings (SSSR count). The molecular weight excluding hydrogens is 432 g/mol. The van der Waals surface area contributed by atoms with Crippen molar-refractivity contribution in [1.82, 2.24) is 9.62 Å². The highest BCUT2D eigenvalue weighted by molar-refractivity contribution is 7.91. The Morgan fingerprint density at radius 2 is 1.90 bits per heavy atom. The number of sulfonamides is 1. The van der Waals surface area contributed by atoms with Crippen LogP contribution >= 0.6 is 22.9 Å². The Morgan fingerprint density at radius 3 is 2.48 bits per heavy atom. The van der Waals surface area contributed by atoms with Gasteiger partial charge in [-0.05, 0) is 55.5 Å². The van der Waals surface area contributed by atoms with E-state index in [-0.39, 0.29) is 16.0 Å². The smallest absolute Gasteiger partial charge is 0.252 e. The van der Waals surface area contributed by atoms with E-state index in [1.54, 1.807) is 12.1 Å². The first-order valence-corrected chi connectivity index (χ1v) is 12.3. The van der Waals surface area contributed by atoms with Crippen molar-refractivity contribution in [3.8, 4) is 5.75 Å². The Balaban J connectivity index is 1.43. The van der Waals surface area contributed by atoms with Crippen molar-refractivity contribution >= 4 is 38.9 Å². The summed E-state index contributed by atoms with van der Waals surface area (Å²) < 4.78 is 32.9. The molecule has 0 unspecified atom stereocenters. The lowest BCUT2D eigenvalue weighted by atomic mass is 9.94. The van der Waals surface area contributed by atoms with Gasteiger partial charge in [-0.2, -0.15) is 4.31 Å². The van der Waals surface area contributed by atoms with Crippen LogP contribution in [0.1, 0.15) is 31.7 Å². The number of benzene rings is 1. The van der Waals surface area contributed by atoms with Crippen LogP contribution in [0.5, 0.6) is 5.75 Å². The average molecular weight is 457 g/mol. The molecule has 0 atom stereocenters. The lowest BCUT2D eigenvalue weighted by Crippen LogP contribution is -2.39. The molecule has 1 amide bonds. The number of carbonyl (C=O) groups excluding carboxylic acids is 1. The molecule has 0 bridgehead atoms. The molecule has 0 aliphatic carbocycles. The molecule has 1 saturated heterocycles. The van der Waals surface area contributed by atoms with Crippen LogP contribution in [0.4, 0.5) is 0 Å². The van der Waals surface area contributed by atoms with Gasteiger partial charge < -0.3 is 10.1 Å². The van der Waals surface area contributed by atoms with E-state index >= 15 is 0 Å². The van der Waals surface area contributed by atoms with Gasteiger partial charge in [0.2, 0.25) is 5.91 Å². The van der Waals surface area contributed by atoms with Crippen LogP contribution in [0.3, 0.4) is 0 Å². The van der Waals surface area contributed by atoms with Crippen molar-refractivity contribution in [3.05, 3.63) is 46.3 Å². The predicted molar refractivity (Wildman–Crippen MR) is 115 cm³/mol. The van der Waals surface area contributed by atoms with Gasteiger partial charge in [0, 0.05) is 26.1 Å². The number of nitrogens with one attached hydrogen (secondary N) is 1. The Hall–Kier alpha value is -1.61. The van der Waals surface area contributed by atoms with Gasteiger partial charge >= 0.3 is 0 Å². The third-order valence-electron chi connectivity index (χ3n) is 4.91. The summed E-state index contributed by atoms with van der Waals surface area (Å²) in [6, 6.07) is 10.8. The first-order chi connectivity index (χ1) is 13.9. The second-order valence-corrected chi connectivity index (χ2v) is 10.8. The molecule has 2 heterocycles. The van der Waals surface area contributed by atoms with Gasteiger partial charge in [0.05, 0.1) is 10.9 Å². The van der Waals surface area contributed by atoms with Crippen LogP contribution in [-0.4, -0.2) is 38.3 Å². The Morgan fingerprint density at radius 1 is 1.21 bits per heavy atom. The van der Waals surface area contributed by atoms with Crippen LogP contribution in [0, 0.1) is 5.92 Å². The fourth-order valence-corrected chi connectivity index (χ4v) is 6.43. The highest BCUT2D eigenvalue weighted by Crippen LogP contribution is 2.31. The zero-order chi connectivity index (χ0) is 20.9. The highest BCUT2D eigenvalue weighted by atomic mass is 35.5. The molecule has 1 aromatic heterocycles. The van der Waals surface area contributed by atoms with E-state index in [0.29, 0.717) is 49.8 Å². The van der Waals surface area contributed by atoms with Crippen molar-refractivity contribution in [2.24, 2.45) is 5.92 Å². The largest absolute Gasteiger partial charge is 0.494 e. The van der Waals surface area contributed by atoms with Gasteiger partial charge in [-0.15, -0.1) is 11.3 Å². The molecule has 1 N–H and O–H groups in total. The number of ether oxygens (including phenoxy) is 1. The molecule has 1 fully saturated rings. The lowest BCUT2D eigenvalue weighted by Gasteiger charge is -2.30. The summed E-state index contributed by atoms with van der Waals surface area (Å²) in [6.45, 7) is 3.88.